The minimum absolute atomic E-state index is 0. The van der Waals surface area contributed by atoms with Crippen LogP contribution in [-0.2, 0) is 67.7 Å². The fourth-order valence-electron chi connectivity index (χ4n) is 0. The maximum Gasteiger partial charge on any atom is 0 e. The second-order valence-corrected chi connectivity index (χ2v) is 0. The Morgan fingerprint density at radius 2 is 1.00 bits per heavy atom. The third kappa shape index (κ3) is 19.3. The van der Waals surface area contributed by atoms with E-state index >= 15 is 0 Å². The maximum atomic E-state index is 0. The monoisotopic (exact) mass is 255 g/mol. The Kier molecular flexibility index (Phi) is 238. The van der Waals surface area contributed by atoms with E-state index in [1.807, 2.05) is 0 Å². The van der Waals surface area contributed by atoms with Crippen molar-refractivity contribution in [2.45, 2.75) is 0 Å². The minimum atomic E-state index is 0. The van der Waals surface area contributed by atoms with Gasteiger partial charge in [0.2, 0.25) is 0 Å². The summed E-state index contributed by atoms with van der Waals surface area (Å²) in [4.78, 5) is 0. The molecule has 0 saturated heterocycles. The first kappa shape index (κ1) is 43.0. The van der Waals surface area contributed by atoms with E-state index in [-0.39, 0.29) is 97.3 Å². The van der Waals surface area contributed by atoms with E-state index in [0.717, 1.165) is 0 Å². The molecule has 37 valence electrons. The van der Waals surface area contributed by atoms with Crippen LogP contribution in [0.15, 0.2) is 0 Å². The summed E-state index contributed by atoms with van der Waals surface area (Å²) in [5, 5.41) is 0. The molecular weight excluding hydrogens is 256 g/mol. The Labute approximate surface area is 95.6 Å². The SMILES string of the molecule is [Cu].[Fe].[Mn].[Na].[Ni]. The van der Waals surface area contributed by atoms with Crippen molar-refractivity contribution in [1.29, 1.82) is 0 Å². The molecule has 0 nitrogen and oxygen atoms in total. The summed E-state index contributed by atoms with van der Waals surface area (Å²) in [6.07, 6.45) is 0. The van der Waals surface area contributed by atoms with Crippen molar-refractivity contribution < 1.29 is 67.7 Å². The van der Waals surface area contributed by atoms with Crippen LogP contribution < -0.4 is 0 Å². The van der Waals surface area contributed by atoms with E-state index in [0.29, 0.717) is 0 Å². The molecule has 0 amide bonds. The third-order valence-electron chi connectivity index (χ3n) is 0. The van der Waals surface area contributed by atoms with E-state index in [2.05, 4.69) is 0 Å². The summed E-state index contributed by atoms with van der Waals surface area (Å²) in [5.41, 5.74) is 0. The van der Waals surface area contributed by atoms with Gasteiger partial charge in [-0.3, -0.25) is 0 Å². The van der Waals surface area contributed by atoms with Gasteiger partial charge in [0.15, 0.2) is 0 Å². The van der Waals surface area contributed by atoms with Gasteiger partial charge in [-0.25, -0.2) is 0 Å². The average molecular weight is 256 g/mol. The van der Waals surface area contributed by atoms with Crippen LogP contribution in [0.25, 0.3) is 0 Å². The van der Waals surface area contributed by atoms with Crippen LogP contribution >= 0.6 is 0 Å². The Morgan fingerprint density at radius 3 is 1.00 bits per heavy atom. The van der Waals surface area contributed by atoms with Gasteiger partial charge in [0.25, 0.3) is 0 Å². The molecule has 0 aromatic rings. The third-order valence-corrected chi connectivity index (χ3v) is 0. The van der Waals surface area contributed by atoms with Gasteiger partial charge in [-0.05, 0) is 0 Å². The van der Waals surface area contributed by atoms with Gasteiger partial charge < -0.3 is 0 Å². The Hall–Kier alpha value is 3.05. The quantitative estimate of drug-likeness (QED) is 0.518. The molecule has 0 aliphatic rings. The van der Waals surface area contributed by atoms with Crippen molar-refractivity contribution in [3.05, 3.63) is 0 Å². The zero-order valence-corrected chi connectivity index (χ0v) is 8.56. The van der Waals surface area contributed by atoms with Gasteiger partial charge in [-0.2, -0.15) is 0 Å². The molecule has 0 aromatic carbocycles. The standard InChI is InChI=1S/Cu.Fe.Mn.Na.Ni. The molecule has 0 N–H and O–H groups in total. The smallest absolute Gasteiger partial charge is 0 e. The van der Waals surface area contributed by atoms with Gasteiger partial charge >= 0.3 is 0 Å². The van der Waals surface area contributed by atoms with Crippen molar-refractivity contribution in [2.75, 3.05) is 0 Å². The second kappa shape index (κ2) is 27.7. The summed E-state index contributed by atoms with van der Waals surface area (Å²) >= 11 is 0. The summed E-state index contributed by atoms with van der Waals surface area (Å²) in [6, 6.07) is 0. The molecule has 3 radical (unpaired) electrons. The van der Waals surface area contributed by atoms with Crippen LogP contribution in [0.3, 0.4) is 0 Å². The first-order valence-electron chi connectivity index (χ1n) is 0. The zero-order valence-electron chi connectivity index (χ0n) is 2.35. The van der Waals surface area contributed by atoms with E-state index in [4.69, 9.17) is 0 Å². The molecule has 0 aliphatic heterocycles. The van der Waals surface area contributed by atoms with Gasteiger partial charge in [-0.15, -0.1) is 0 Å². The van der Waals surface area contributed by atoms with Crippen LogP contribution in [0.4, 0.5) is 0 Å². The molecule has 5 heavy (non-hydrogen) atoms. The van der Waals surface area contributed by atoms with Crippen LogP contribution in [0.5, 0.6) is 0 Å². The van der Waals surface area contributed by atoms with E-state index in [1.54, 1.807) is 0 Å². The normalized spacial score (nSPS) is 0. The maximum absolute atomic E-state index is 0. The summed E-state index contributed by atoms with van der Waals surface area (Å²) in [7, 11) is 0. The molecular formula is CuFeMnNaNi. The van der Waals surface area contributed by atoms with Gasteiger partial charge in [0.1, 0.15) is 0 Å². The van der Waals surface area contributed by atoms with Gasteiger partial charge in [0.05, 0.1) is 0 Å². The van der Waals surface area contributed by atoms with Crippen molar-refractivity contribution in [2.24, 2.45) is 0 Å². The average Bonchev–Trinajstić information content (AvgIpc) is 0. The second-order valence-electron chi connectivity index (χ2n) is 0. The predicted molar refractivity (Wildman–Crippen MR) is 5.75 cm³/mol. The van der Waals surface area contributed by atoms with Crippen molar-refractivity contribution in [3.63, 3.8) is 0 Å². The van der Waals surface area contributed by atoms with Crippen molar-refractivity contribution in [3.8, 4) is 0 Å². The number of rotatable bonds is 0. The predicted octanol–water partition coefficient (Wildman–Crippen LogP) is -0.391. The Morgan fingerprint density at radius 1 is 1.00 bits per heavy atom. The largest absolute Gasteiger partial charge is 0 e. The number of hydrogen-bond acceptors (Lipinski definition) is 0. The first-order valence-corrected chi connectivity index (χ1v) is 0. The fourth-order valence-corrected chi connectivity index (χ4v) is 0. The summed E-state index contributed by atoms with van der Waals surface area (Å²) in [6.45, 7) is 0. The van der Waals surface area contributed by atoms with E-state index in [1.165, 1.54) is 0 Å². The van der Waals surface area contributed by atoms with Crippen LogP contribution in [0.1, 0.15) is 0 Å². The number of hydrogen-bond donors (Lipinski definition) is 0. The Bertz CT molecular complexity index is 11.6. The molecule has 5 heteroatoms. The molecule has 0 spiro atoms. The molecule has 0 heterocycles. The van der Waals surface area contributed by atoms with E-state index < -0.39 is 0 Å². The topological polar surface area (TPSA) is 0 Å². The molecule has 0 unspecified atom stereocenters. The molecule has 0 fully saturated rings. The van der Waals surface area contributed by atoms with Crippen molar-refractivity contribution >= 4 is 29.6 Å². The van der Waals surface area contributed by atoms with Crippen LogP contribution in [-0.4, -0.2) is 29.6 Å². The van der Waals surface area contributed by atoms with Crippen molar-refractivity contribution in [1.82, 2.24) is 0 Å². The van der Waals surface area contributed by atoms with Crippen LogP contribution in [0, 0.1) is 0 Å². The minimum Gasteiger partial charge on any atom is 0 e. The van der Waals surface area contributed by atoms with Gasteiger partial charge in [0, 0.05) is 97.3 Å². The molecule has 0 atom stereocenters. The summed E-state index contributed by atoms with van der Waals surface area (Å²) in [5.74, 6) is 0. The molecule has 0 aromatic heterocycles. The molecule has 0 bridgehead atoms. The molecule has 0 aliphatic carbocycles. The summed E-state index contributed by atoms with van der Waals surface area (Å²) < 4.78 is 0. The van der Waals surface area contributed by atoms with E-state index in [9.17, 15) is 0 Å². The zero-order chi connectivity index (χ0) is 0. The Balaban J connectivity index is 0. The molecule has 0 rings (SSSR count). The fraction of sp³-hybridized carbons (Fsp3) is 0. The van der Waals surface area contributed by atoms with Gasteiger partial charge in [-0.1, -0.05) is 0 Å². The first-order chi connectivity index (χ1) is 0. The van der Waals surface area contributed by atoms with Crippen LogP contribution in [0.2, 0.25) is 0 Å². The molecule has 0 saturated carbocycles.